The molecule has 6 heteroatoms. The van der Waals surface area contributed by atoms with Gasteiger partial charge in [0.1, 0.15) is 5.82 Å². The summed E-state index contributed by atoms with van der Waals surface area (Å²) in [7, 11) is 0. The van der Waals surface area contributed by atoms with E-state index in [1.54, 1.807) is 0 Å². The van der Waals surface area contributed by atoms with E-state index in [0.717, 1.165) is 63.2 Å². The Morgan fingerprint density at radius 2 is 1.96 bits per heavy atom. The number of hydrogen-bond acceptors (Lipinski definition) is 6. The van der Waals surface area contributed by atoms with Gasteiger partial charge in [-0.3, -0.25) is 0 Å². The highest BCUT2D eigenvalue weighted by molar-refractivity contribution is 7.99. The highest BCUT2D eigenvalue weighted by Crippen LogP contribution is 2.35. The Hall–Kier alpha value is -1.79. The molecule has 5 nitrogen and oxygen atoms in total. The number of fused-ring (bicyclic) bond motifs is 1. The molecule has 2 aliphatic heterocycles. The monoisotopic (exact) mass is 356 g/mol. The fourth-order valence-electron chi connectivity index (χ4n) is 3.21. The van der Waals surface area contributed by atoms with Crippen LogP contribution in [0.15, 0.2) is 35.2 Å². The van der Waals surface area contributed by atoms with Crippen molar-refractivity contribution in [2.45, 2.75) is 24.2 Å². The van der Waals surface area contributed by atoms with Crippen molar-refractivity contribution in [3.8, 4) is 0 Å². The number of aryl methyl sites for hydroxylation is 1. The number of nitrogens with one attached hydrogen (secondary N) is 1. The highest BCUT2D eigenvalue weighted by atomic mass is 32.2. The summed E-state index contributed by atoms with van der Waals surface area (Å²) in [5, 5.41) is 3.57. The summed E-state index contributed by atoms with van der Waals surface area (Å²) in [5.74, 6) is 3.01. The van der Waals surface area contributed by atoms with E-state index in [4.69, 9.17) is 14.7 Å². The summed E-state index contributed by atoms with van der Waals surface area (Å²) in [6, 6.07) is 10.6. The number of benzene rings is 1. The fraction of sp³-hybridized carbons (Fsp3) is 0.474. The predicted molar refractivity (Wildman–Crippen MR) is 103 cm³/mol. The average molecular weight is 356 g/mol. The first-order chi connectivity index (χ1) is 12.4. The van der Waals surface area contributed by atoms with Crippen LogP contribution in [0, 0.1) is 0 Å². The van der Waals surface area contributed by atoms with Crippen LogP contribution in [0.5, 0.6) is 0 Å². The van der Waals surface area contributed by atoms with Crippen molar-refractivity contribution in [2.24, 2.45) is 0 Å². The molecule has 0 amide bonds. The minimum atomic E-state index is 0.756. The SMILES string of the molecule is c1ccc(CCNc2nc(N3CCOCC3)nc3c2SCCC3)cc1. The summed E-state index contributed by atoms with van der Waals surface area (Å²) < 4.78 is 5.46. The van der Waals surface area contributed by atoms with Crippen LogP contribution in [-0.4, -0.2) is 48.6 Å². The molecule has 0 spiro atoms. The highest BCUT2D eigenvalue weighted by Gasteiger charge is 2.22. The van der Waals surface area contributed by atoms with Crippen molar-refractivity contribution >= 4 is 23.5 Å². The third kappa shape index (κ3) is 4.07. The van der Waals surface area contributed by atoms with E-state index in [1.165, 1.54) is 22.6 Å². The molecule has 2 aliphatic rings. The molecule has 1 saturated heterocycles. The first kappa shape index (κ1) is 16.7. The van der Waals surface area contributed by atoms with E-state index in [2.05, 4.69) is 40.5 Å². The second-order valence-electron chi connectivity index (χ2n) is 6.36. The largest absolute Gasteiger partial charge is 0.378 e. The quantitative estimate of drug-likeness (QED) is 0.889. The molecule has 1 fully saturated rings. The number of morpholine rings is 1. The number of anilines is 2. The second kappa shape index (κ2) is 8.06. The van der Waals surface area contributed by atoms with Crippen molar-refractivity contribution < 1.29 is 4.74 Å². The Bertz CT molecular complexity index is 704. The van der Waals surface area contributed by atoms with Crippen molar-refractivity contribution in [3.63, 3.8) is 0 Å². The molecular weight excluding hydrogens is 332 g/mol. The molecule has 1 aromatic carbocycles. The lowest BCUT2D eigenvalue weighted by molar-refractivity contribution is 0.122. The van der Waals surface area contributed by atoms with Crippen LogP contribution in [0.1, 0.15) is 17.7 Å². The van der Waals surface area contributed by atoms with Gasteiger partial charge in [0.25, 0.3) is 0 Å². The normalized spacial score (nSPS) is 17.2. The molecule has 0 bridgehead atoms. The molecule has 1 N–H and O–H groups in total. The van der Waals surface area contributed by atoms with Crippen molar-refractivity contribution in [2.75, 3.05) is 48.8 Å². The second-order valence-corrected chi connectivity index (χ2v) is 7.47. The Morgan fingerprint density at radius 3 is 2.80 bits per heavy atom. The summed E-state index contributed by atoms with van der Waals surface area (Å²) in [4.78, 5) is 13.2. The Morgan fingerprint density at radius 1 is 1.12 bits per heavy atom. The number of thioether (sulfide) groups is 1. The van der Waals surface area contributed by atoms with Gasteiger partial charge >= 0.3 is 0 Å². The van der Waals surface area contributed by atoms with Crippen LogP contribution >= 0.6 is 11.8 Å². The van der Waals surface area contributed by atoms with Crippen LogP contribution in [0.3, 0.4) is 0 Å². The minimum absolute atomic E-state index is 0.756. The first-order valence-corrected chi connectivity index (χ1v) is 10.0. The fourth-order valence-corrected chi connectivity index (χ4v) is 4.28. The Labute approximate surface area is 153 Å². The van der Waals surface area contributed by atoms with Crippen LogP contribution in [0.4, 0.5) is 11.8 Å². The zero-order chi connectivity index (χ0) is 16.9. The maximum atomic E-state index is 5.46. The van der Waals surface area contributed by atoms with E-state index in [0.29, 0.717) is 0 Å². The van der Waals surface area contributed by atoms with Gasteiger partial charge in [0.15, 0.2) is 0 Å². The minimum Gasteiger partial charge on any atom is -0.378 e. The Balaban J connectivity index is 1.52. The third-order valence-electron chi connectivity index (χ3n) is 4.57. The van der Waals surface area contributed by atoms with E-state index in [1.807, 2.05) is 11.8 Å². The first-order valence-electron chi connectivity index (χ1n) is 9.04. The lowest BCUT2D eigenvalue weighted by Crippen LogP contribution is -2.37. The van der Waals surface area contributed by atoms with Gasteiger partial charge in [-0.05, 0) is 30.6 Å². The number of nitrogens with zero attached hydrogens (tertiary/aromatic N) is 3. The van der Waals surface area contributed by atoms with Crippen molar-refractivity contribution in [1.29, 1.82) is 0 Å². The van der Waals surface area contributed by atoms with Crippen molar-refractivity contribution in [3.05, 3.63) is 41.6 Å². The van der Waals surface area contributed by atoms with E-state index < -0.39 is 0 Å². The van der Waals surface area contributed by atoms with Gasteiger partial charge in [0.05, 0.1) is 23.8 Å². The van der Waals surface area contributed by atoms with E-state index in [-0.39, 0.29) is 0 Å². The summed E-state index contributed by atoms with van der Waals surface area (Å²) >= 11 is 1.89. The smallest absolute Gasteiger partial charge is 0.227 e. The van der Waals surface area contributed by atoms with Gasteiger partial charge in [0.2, 0.25) is 5.95 Å². The standard InChI is InChI=1S/C19H24N4OS/c1-2-5-15(6-3-1)8-9-20-18-17-16(7-4-14-25-17)21-19(22-18)23-10-12-24-13-11-23/h1-3,5-6H,4,7-14H2,(H,20,21,22). The summed E-state index contributed by atoms with van der Waals surface area (Å²) in [6.07, 6.45) is 3.24. The molecule has 0 atom stereocenters. The topological polar surface area (TPSA) is 50.3 Å². The van der Waals surface area contributed by atoms with Crippen molar-refractivity contribution in [1.82, 2.24) is 9.97 Å². The van der Waals surface area contributed by atoms with Gasteiger partial charge in [0, 0.05) is 19.6 Å². The van der Waals surface area contributed by atoms with Crippen LogP contribution in [0.25, 0.3) is 0 Å². The molecular formula is C19H24N4OS. The number of hydrogen-bond donors (Lipinski definition) is 1. The molecule has 4 rings (SSSR count). The number of aromatic nitrogens is 2. The van der Waals surface area contributed by atoms with E-state index >= 15 is 0 Å². The number of rotatable bonds is 5. The average Bonchev–Trinajstić information content (AvgIpc) is 2.69. The van der Waals surface area contributed by atoms with Gasteiger partial charge in [-0.2, -0.15) is 4.98 Å². The number of ether oxygens (including phenoxy) is 1. The lowest BCUT2D eigenvalue weighted by atomic mass is 10.1. The third-order valence-corrected chi connectivity index (χ3v) is 5.78. The molecule has 0 radical (unpaired) electrons. The molecule has 2 aromatic rings. The zero-order valence-electron chi connectivity index (χ0n) is 14.4. The van der Waals surface area contributed by atoms with Gasteiger partial charge in [-0.15, -0.1) is 11.8 Å². The molecule has 25 heavy (non-hydrogen) atoms. The maximum Gasteiger partial charge on any atom is 0.227 e. The van der Waals surface area contributed by atoms with Crippen LogP contribution in [-0.2, 0) is 17.6 Å². The zero-order valence-corrected chi connectivity index (χ0v) is 15.2. The Kier molecular flexibility index (Phi) is 5.37. The van der Waals surface area contributed by atoms with Gasteiger partial charge in [-0.25, -0.2) is 4.98 Å². The summed E-state index contributed by atoms with van der Waals surface area (Å²) in [6.45, 7) is 4.14. The lowest BCUT2D eigenvalue weighted by Gasteiger charge is -2.28. The van der Waals surface area contributed by atoms with Crippen LogP contribution in [0.2, 0.25) is 0 Å². The molecule has 132 valence electrons. The predicted octanol–water partition coefficient (Wildman–Crippen LogP) is 3.01. The summed E-state index contributed by atoms with van der Waals surface area (Å²) in [5.41, 5.74) is 2.55. The molecule has 0 aliphatic carbocycles. The molecule has 0 saturated carbocycles. The molecule has 3 heterocycles. The molecule has 0 unspecified atom stereocenters. The van der Waals surface area contributed by atoms with Gasteiger partial charge < -0.3 is 15.0 Å². The maximum absolute atomic E-state index is 5.46. The van der Waals surface area contributed by atoms with Gasteiger partial charge in [-0.1, -0.05) is 30.3 Å². The molecule has 1 aromatic heterocycles. The van der Waals surface area contributed by atoms with Crippen LogP contribution < -0.4 is 10.2 Å². The van der Waals surface area contributed by atoms with E-state index in [9.17, 15) is 0 Å².